The Balaban J connectivity index is 1.60. The first kappa shape index (κ1) is 23.8. The molecule has 0 unspecified atom stereocenters. The van der Waals surface area contributed by atoms with Crippen molar-refractivity contribution < 1.29 is 22.7 Å². The van der Waals surface area contributed by atoms with Gasteiger partial charge in [-0.3, -0.25) is 9.10 Å². The summed E-state index contributed by atoms with van der Waals surface area (Å²) in [6.45, 7) is 1.58. The second-order valence-corrected chi connectivity index (χ2v) is 10.2. The van der Waals surface area contributed by atoms with Gasteiger partial charge in [0.15, 0.2) is 6.61 Å². The van der Waals surface area contributed by atoms with E-state index in [0.717, 1.165) is 35.6 Å². The van der Waals surface area contributed by atoms with Crippen molar-refractivity contribution in [3.05, 3.63) is 59.7 Å². The number of hydrogen-bond acceptors (Lipinski definition) is 5. The van der Waals surface area contributed by atoms with E-state index in [1.807, 2.05) is 6.92 Å². The number of amides is 1. The zero-order valence-corrected chi connectivity index (χ0v) is 19.6. The number of hydrogen-bond donors (Lipinski definition) is 0. The Labute approximate surface area is 190 Å². The molecule has 0 saturated heterocycles. The molecule has 2 aromatic carbocycles. The van der Waals surface area contributed by atoms with Gasteiger partial charge in [-0.15, -0.1) is 0 Å². The van der Waals surface area contributed by atoms with Crippen molar-refractivity contribution in [1.29, 1.82) is 0 Å². The molecule has 2 aromatic rings. The van der Waals surface area contributed by atoms with E-state index in [-0.39, 0.29) is 29.0 Å². The standard InChI is InChI=1S/C24H30N2O5S/c1-18-9-15-22(16-10-18)32(29,30)26(3)21-13-11-19(12-14-21)24(28)31-17-23(27)25(2)20-7-5-4-6-8-20/h9-16,20H,4-8,17H2,1-3H3. The average molecular weight is 459 g/mol. The minimum absolute atomic E-state index is 0.190. The fourth-order valence-corrected chi connectivity index (χ4v) is 4.99. The van der Waals surface area contributed by atoms with Crippen molar-refractivity contribution in [1.82, 2.24) is 4.90 Å². The first-order valence-electron chi connectivity index (χ1n) is 10.8. The second kappa shape index (κ2) is 10.2. The van der Waals surface area contributed by atoms with E-state index in [4.69, 9.17) is 4.74 Å². The molecule has 0 radical (unpaired) electrons. The predicted molar refractivity (Wildman–Crippen MR) is 123 cm³/mol. The van der Waals surface area contributed by atoms with Gasteiger partial charge in [-0.25, -0.2) is 13.2 Å². The largest absolute Gasteiger partial charge is 0.452 e. The van der Waals surface area contributed by atoms with Gasteiger partial charge in [-0.05, 0) is 56.2 Å². The number of esters is 1. The van der Waals surface area contributed by atoms with Gasteiger partial charge in [-0.2, -0.15) is 0 Å². The quantitative estimate of drug-likeness (QED) is 0.590. The highest BCUT2D eigenvalue weighted by atomic mass is 32.2. The van der Waals surface area contributed by atoms with Gasteiger partial charge in [-0.1, -0.05) is 37.0 Å². The lowest BCUT2D eigenvalue weighted by atomic mass is 9.94. The maximum Gasteiger partial charge on any atom is 0.338 e. The van der Waals surface area contributed by atoms with Crippen LogP contribution in [0.4, 0.5) is 5.69 Å². The smallest absolute Gasteiger partial charge is 0.338 e. The molecule has 0 atom stereocenters. The predicted octanol–water partition coefficient (Wildman–Crippen LogP) is 3.77. The Morgan fingerprint density at radius 3 is 2.12 bits per heavy atom. The van der Waals surface area contributed by atoms with Crippen LogP contribution in [0, 0.1) is 6.92 Å². The van der Waals surface area contributed by atoms with E-state index in [0.29, 0.717) is 5.69 Å². The van der Waals surface area contributed by atoms with E-state index in [1.165, 1.54) is 37.7 Å². The van der Waals surface area contributed by atoms with Crippen LogP contribution in [0.2, 0.25) is 0 Å². The number of nitrogens with zero attached hydrogens (tertiary/aromatic N) is 2. The molecular formula is C24H30N2O5S. The molecule has 8 heteroatoms. The van der Waals surface area contributed by atoms with Gasteiger partial charge in [0.1, 0.15) is 0 Å². The van der Waals surface area contributed by atoms with Gasteiger partial charge in [0.2, 0.25) is 0 Å². The highest BCUT2D eigenvalue weighted by molar-refractivity contribution is 7.92. The Bertz CT molecular complexity index is 1040. The highest BCUT2D eigenvalue weighted by Gasteiger charge is 2.24. The Morgan fingerprint density at radius 2 is 1.53 bits per heavy atom. The van der Waals surface area contributed by atoms with Crippen LogP contribution >= 0.6 is 0 Å². The van der Waals surface area contributed by atoms with Crippen molar-refractivity contribution >= 4 is 27.6 Å². The normalized spacial score (nSPS) is 14.6. The number of carbonyl (C=O) groups excluding carboxylic acids is 2. The molecule has 0 N–H and O–H groups in total. The van der Waals surface area contributed by atoms with Crippen LogP contribution in [-0.4, -0.2) is 51.9 Å². The number of aryl methyl sites for hydroxylation is 1. The van der Waals surface area contributed by atoms with E-state index in [1.54, 1.807) is 36.2 Å². The first-order chi connectivity index (χ1) is 15.2. The molecule has 0 bridgehead atoms. The Kier molecular flexibility index (Phi) is 7.56. The molecule has 7 nitrogen and oxygen atoms in total. The summed E-state index contributed by atoms with van der Waals surface area (Å²) in [6.07, 6.45) is 5.39. The number of rotatable bonds is 7. The Morgan fingerprint density at radius 1 is 0.938 bits per heavy atom. The average Bonchev–Trinajstić information content (AvgIpc) is 2.82. The van der Waals surface area contributed by atoms with Crippen molar-refractivity contribution in [2.45, 2.75) is 50.0 Å². The number of likely N-dealkylation sites (N-methyl/N-ethyl adjacent to an activating group) is 1. The van der Waals surface area contributed by atoms with E-state index in [9.17, 15) is 18.0 Å². The second-order valence-electron chi connectivity index (χ2n) is 8.21. The van der Waals surface area contributed by atoms with Gasteiger partial charge >= 0.3 is 5.97 Å². The number of benzene rings is 2. The van der Waals surface area contributed by atoms with Gasteiger partial charge < -0.3 is 9.64 Å². The summed E-state index contributed by atoms with van der Waals surface area (Å²) in [5, 5.41) is 0. The molecule has 172 valence electrons. The molecule has 3 rings (SSSR count). The number of anilines is 1. The molecule has 1 aliphatic carbocycles. The van der Waals surface area contributed by atoms with Crippen LogP contribution in [0.15, 0.2) is 53.4 Å². The van der Waals surface area contributed by atoms with Crippen LogP contribution in [0.25, 0.3) is 0 Å². The fourth-order valence-electron chi connectivity index (χ4n) is 3.80. The summed E-state index contributed by atoms with van der Waals surface area (Å²) < 4.78 is 32.0. The van der Waals surface area contributed by atoms with Crippen molar-refractivity contribution in [3.8, 4) is 0 Å². The van der Waals surface area contributed by atoms with Crippen molar-refractivity contribution in [3.63, 3.8) is 0 Å². The molecule has 0 aromatic heterocycles. The van der Waals surface area contributed by atoms with Gasteiger partial charge in [0.05, 0.1) is 16.1 Å². The van der Waals surface area contributed by atoms with Crippen molar-refractivity contribution in [2.75, 3.05) is 25.0 Å². The Hall–Kier alpha value is -2.87. The molecule has 1 aliphatic rings. The number of carbonyl (C=O) groups is 2. The topological polar surface area (TPSA) is 84.0 Å². The maximum atomic E-state index is 12.8. The molecular weight excluding hydrogens is 428 g/mol. The molecule has 1 amide bonds. The van der Waals surface area contributed by atoms with Crippen LogP contribution in [0.1, 0.15) is 48.0 Å². The molecule has 1 saturated carbocycles. The zero-order valence-electron chi connectivity index (χ0n) is 18.8. The summed E-state index contributed by atoms with van der Waals surface area (Å²) in [4.78, 5) is 26.6. The lowest BCUT2D eigenvalue weighted by Gasteiger charge is -2.31. The lowest BCUT2D eigenvalue weighted by Crippen LogP contribution is -2.40. The van der Waals surface area contributed by atoms with Crippen LogP contribution in [0.3, 0.4) is 0 Å². The number of sulfonamides is 1. The van der Waals surface area contributed by atoms with Crippen LogP contribution in [0.5, 0.6) is 0 Å². The van der Waals surface area contributed by atoms with E-state index >= 15 is 0 Å². The third-order valence-corrected chi connectivity index (χ3v) is 7.79. The van der Waals surface area contributed by atoms with Gasteiger partial charge in [0.25, 0.3) is 15.9 Å². The SMILES string of the molecule is Cc1ccc(S(=O)(=O)N(C)c2ccc(C(=O)OCC(=O)N(C)C3CCCCC3)cc2)cc1. The molecule has 0 heterocycles. The zero-order chi connectivity index (χ0) is 23.3. The highest BCUT2D eigenvalue weighted by Crippen LogP contribution is 2.24. The van der Waals surface area contributed by atoms with Crippen LogP contribution < -0.4 is 4.31 Å². The van der Waals surface area contributed by atoms with E-state index in [2.05, 4.69) is 0 Å². The first-order valence-corrected chi connectivity index (χ1v) is 12.2. The van der Waals surface area contributed by atoms with E-state index < -0.39 is 16.0 Å². The summed E-state index contributed by atoms with van der Waals surface area (Å²) in [6, 6.07) is 12.9. The monoisotopic (exact) mass is 458 g/mol. The van der Waals surface area contributed by atoms with Gasteiger partial charge in [0, 0.05) is 20.1 Å². The number of ether oxygens (including phenoxy) is 1. The summed E-state index contributed by atoms with van der Waals surface area (Å²) in [5.41, 5.74) is 1.64. The molecule has 0 spiro atoms. The fraction of sp³-hybridized carbons (Fsp3) is 0.417. The van der Waals surface area contributed by atoms with Crippen LogP contribution in [-0.2, 0) is 19.6 Å². The minimum Gasteiger partial charge on any atom is -0.452 e. The molecule has 1 fully saturated rings. The third kappa shape index (κ3) is 5.48. The molecule has 32 heavy (non-hydrogen) atoms. The lowest BCUT2D eigenvalue weighted by molar-refractivity contribution is -0.135. The summed E-state index contributed by atoms with van der Waals surface area (Å²) in [5.74, 6) is -0.836. The third-order valence-electron chi connectivity index (χ3n) is 5.99. The van der Waals surface area contributed by atoms with Crippen molar-refractivity contribution in [2.24, 2.45) is 0 Å². The molecule has 0 aliphatic heterocycles. The summed E-state index contributed by atoms with van der Waals surface area (Å²) >= 11 is 0. The summed E-state index contributed by atoms with van der Waals surface area (Å²) in [7, 11) is -0.501. The maximum absolute atomic E-state index is 12.8. The minimum atomic E-state index is -3.72.